The molecule has 0 bridgehead atoms. The summed E-state index contributed by atoms with van der Waals surface area (Å²) in [5.41, 5.74) is 0.204. The van der Waals surface area contributed by atoms with Crippen LogP contribution in [0.25, 0.3) is 0 Å². The second-order valence-electron chi connectivity index (χ2n) is 4.56. The molecule has 0 radical (unpaired) electrons. The van der Waals surface area contributed by atoms with Gasteiger partial charge in [-0.25, -0.2) is 0 Å². The van der Waals surface area contributed by atoms with Crippen molar-refractivity contribution in [3.63, 3.8) is 0 Å². The quantitative estimate of drug-likeness (QED) is 0.799. The lowest BCUT2D eigenvalue weighted by atomic mass is 10.1. The van der Waals surface area contributed by atoms with E-state index in [2.05, 4.69) is 5.32 Å². The summed E-state index contributed by atoms with van der Waals surface area (Å²) < 4.78 is 10.4. The second-order valence-corrected chi connectivity index (χ2v) is 4.56. The van der Waals surface area contributed by atoms with E-state index in [9.17, 15) is 5.11 Å². The maximum Gasteiger partial charge on any atom is 0.142 e. The highest BCUT2D eigenvalue weighted by atomic mass is 16.5. The molecule has 0 saturated carbocycles. The SMILES string of the molecule is COc1ccc(OC)c(NCCC(C)(C)O)c1. The Labute approximate surface area is 103 Å². The zero-order valence-corrected chi connectivity index (χ0v) is 10.9. The third-order valence-electron chi connectivity index (χ3n) is 2.46. The van der Waals surface area contributed by atoms with E-state index in [0.29, 0.717) is 13.0 Å². The standard InChI is InChI=1S/C13H21NO3/c1-13(2,15)7-8-14-11-9-10(16-3)5-6-12(11)17-4/h5-6,9,14-15H,7-8H2,1-4H3. The average molecular weight is 239 g/mol. The lowest BCUT2D eigenvalue weighted by molar-refractivity contribution is 0.0748. The Kier molecular flexibility index (Phi) is 4.63. The summed E-state index contributed by atoms with van der Waals surface area (Å²) in [5.74, 6) is 1.54. The average Bonchev–Trinajstić information content (AvgIpc) is 2.27. The van der Waals surface area contributed by atoms with E-state index in [1.165, 1.54) is 0 Å². The van der Waals surface area contributed by atoms with Gasteiger partial charge in [0.15, 0.2) is 0 Å². The predicted octanol–water partition coefficient (Wildman–Crippen LogP) is 2.28. The van der Waals surface area contributed by atoms with Gasteiger partial charge in [-0.3, -0.25) is 0 Å². The van der Waals surface area contributed by atoms with Crippen molar-refractivity contribution in [1.82, 2.24) is 0 Å². The second kappa shape index (κ2) is 5.77. The van der Waals surface area contributed by atoms with Crippen molar-refractivity contribution < 1.29 is 14.6 Å². The third-order valence-corrected chi connectivity index (χ3v) is 2.46. The molecule has 2 N–H and O–H groups in total. The van der Waals surface area contributed by atoms with Crippen LogP contribution in [0, 0.1) is 0 Å². The monoisotopic (exact) mass is 239 g/mol. The number of nitrogens with one attached hydrogen (secondary N) is 1. The van der Waals surface area contributed by atoms with E-state index in [0.717, 1.165) is 17.2 Å². The lowest BCUT2D eigenvalue weighted by Crippen LogP contribution is -2.22. The van der Waals surface area contributed by atoms with E-state index in [-0.39, 0.29) is 0 Å². The normalized spacial score (nSPS) is 11.1. The minimum atomic E-state index is -0.668. The molecular formula is C13H21NO3. The zero-order chi connectivity index (χ0) is 12.9. The summed E-state index contributed by atoms with van der Waals surface area (Å²) >= 11 is 0. The van der Waals surface area contributed by atoms with Crippen LogP contribution in [-0.2, 0) is 0 Å². The molecule has 0 aromatic heterocycles. The van der Waals surface area contributed by atoms with Crippen molar-refractivity contribution in [1.29, 1.82) is 0 Å². The molecule has 1 rings (SSSR count). The van der Waals surface area contributed by atoms with Crippen LogP contribution in [0.2, 0.25) is 0 Å². The minimum Gasteiger partial charge on any atom is -0.497 e. The molecule has 0 aliphatic heterocycles. The van der Waals surface area contributed by atoms with Gasteiger partial charge in [0.25, 0.3) is 0 Å². The van der Waals surface area contributed by atoms with Crippen LogP contribution in [0.1, 0.15) is 20.3 Å². The summed E-state index contributed by atoms with van der Waals surface area (Å²) in [6, 6.07) is 5.58. The first-order chi connectivity index (χ1) is 7.96. The molecule has 4 heteroatoms. The zero-order valence-electron chi connectivity index (χ0n) is 10.9. The highest BCUT2D eigenvalue weighted by molar-refractivity contribution is 5.59. The van der Waals surface area contributed by atoms with E-state index in [4.69, 9.17) is 9.47 Å². The molecule has 0 atom stereocenters. The van der Waals surface area contributed by atoms with Crippen LogP contribution < -0.4 is 14.8 Å². The van der Waals surface area contributed by atoms with Crippen LogP contribution in [0.15, 0.2) is 18.2 Å². The number of benzene rings is 1. The Bertz CT molecular complexity index is 358. The van der Waals surface area contributed by atoms with Gasteiger partial charge in [0.1, 0.15) is 11.5 Å². The fourth-order valence-electron chi connectivity index (χ4n) is 1.46. The lowest BCUT2D eigenvalue weighted by Gasteiger charge is -2.18. The van der Waals surface area contributed by atoms with E-state index in [1.54, 1.807) is 28.1 Å². The number of rotatable bonds is 6. The molecule has 96 valence electrons. The van der Waals surface area contributed by atoms with E-state index >= 15 is 0 Å². The van der Waals surface area contributed by atoms with Crippen molar-refractivity contribution >= 4 is 5.69 Å². The Morgan fingerprint density at radius 2 is 1.94 bits per heavy atom. The number of anilines is 1. The van der Waals surface area contributed by atoms with Crippen molar-refractivity contribution in [3.05, 3.63) is 18.2 Å². The number of ether oxygens (including phenoxy) is 2. The maximum absolute atomic E-state index is 9.63. The Balaban J connectivity index is 2.68. The fraction of sp³-hybridized carbons (Fsp3) is 0.538. The summed E-state index contributed by atoms with van der Waals surface area (Å²) in [6.07, 6.45) is 0.660. The molecule has 4 nitrogen and oxygen atoms in total. The molecule has 17 heavy (non-hydrogen) atoms. The molecule has 0 amide bonds. The molecule has 0 fully saturated rings. The number of hydrogen-bond acceptors (Lipinski definition) is 4. The largest absolute Gasteiger partial charge is 0.497 e. The van der Waals surface area contributed by atoms with Gasteiger partial charge in [0.2, 0.25) is 0 Å². The molecule has 1 aromatic rings. The van der Waals surface area contributed by atoms with Gasteiger partial charge in [0.05, 0.1) is 25.5 Å². The number of hydrogen-bond donors (Lipinski definition) is 2. The van der Waals surface area contributed by atoms with Gasteiger partial charge < -0.3 is 19.9 Å². The first kappa shape index (κ1) is 13.6. The first-order valence-electron chi connectivity index (χ1n) is 5.64. The molecule has 0 saturated heterocycles. The summed E-state index contributed by atoms with van der Waals surface area (Å²) in [6.45, 7) is 4.25. The van der Waals surface area contributed by atoms with Gasteiger partial charge in [-0.2, -0.15) is 0 Å². The molecule has 1 aromatic carbocycles. The molecule has 0 heterocycles. The minimum absolute atomic E-state index is 0.660. The van der Waals surface area contributed by atoms with Gasteiger partial charge in [-0.05, 0) is 32.4 Å². The summed E-state index contributed by atoms with van der Waals surface area (Å²) in [5, 5.41) is 12.9. The van der Waals surface area contributed by atoms with Crippen LogP contribution in [0.3, 0.4) is 0 Å². The van der Waals surface area contributed by atoms with Gasteiger partial charge >= 0.3 is 0 Å². The van der Waals surface area contributed by atoms with Crippen LogP contribution in [0.4, 0.5) is 5.69 Å². The highest BCUT2D eigenvalue weighted by Crippen LogP contribution is 2.28. The number of methoxy groups -OCH3 is 2. The molecule has 0 aliphatic carbocycles. The van der Waals surface area contributed by atoms with Gasteiger partial charge in [-0.1, -0.05) is 0 Å². The highest BCUT2D eigenvalue weighted by Gasteiger charge is 2.12. The van der Waals surface area contributed by atoms with Crippen molar-refractivity contribution in [2.45, 2.75) is 25.9 Å². The van der Waals surface area contributed by atoms with E-state index < -0.39 is 5.60 Å². The molecule has 0 unspecified atom stereocenters. The first-order valence-corrected chi connectivity index (χ1v) is 5.64. The van der Waals surface area contributed by atoms with Gasteiger partial charge in [-0.15, -0.1) is 0 Å². The Hall–Kier alpha value is -1.42. The van der Waals surface area contributed by atoms with Gasteiger partial charge in [0, 0.05) is 12.6 Å². The fourth-order valence-corrected chi connectivity index (χ4v) is 1.46. The maximum atomic E-state index is 9.63. The molecule has 0 spiro atoms. The Morgan fingerprint density at radius 1 is 1.24 bits per heavy atom. The van der Waals surface area contributed by atoms with Crippen molar-refractivity contribution in [2.75, 3.05) is 26.1 Å². The van der Waals surface area contributed by atoms with Crippen molar-refractivity contribution in [3.8, 4) is 11.5 Å². The topological polar surface area (TPSA) is 50.7 Å². The Morgan fingerprint density at radius 3 is 2.47 bits per heavy atom. The smallest absolute Gasteiger partial charge is 0.142 e. The predicted molar refractivity (Wildman–Crippen MR) is 69.0 cm³/mol. The summed E-state index contributed by atoms with van der Waals surface area (Å²) in [4.78, 5) is 0. The van der Waals surface area contributed by atoms with E-state index in [1.807, 2.05) is 18.2 Å². The third kappa shape index (κ3) is 4.53. The summed E-state index contributed by atoms with van der Waals surface area (Å²) in [7, 11) is 3.26. The van der Waals surface area contributed by atoms with Crippen molar-refractivity contribution in [2.24, 2.45) is 0 Å². The number of aliphatic hydroxyl groups is 1. The molecular weight excluding hydrogens is 218 g/mol. The van der Waals surface area contributed by atoms with Crippen LogP contribution >= 0.6 is 0 Å². The van der Waals surface area contributed by atoms with Crippen LogP contribution in [-0.4, -0.2) is 31.5 Å². The molecule has 0 aliphatic rings. The van der Waals surface area contributed by atoms with Crippen LogP contribution in [0.5, 0.6) is 11.5 Å².